The van der Waals surface area contributed by atoms with Crippen molar-refractivity contribution in [2.45, 2.75) is 19.4 Å². The molecular formula is C22H23NO5. The quantitative estimate of drug-likeness (QED) is 0.544. The molecule has 0 N–H and O–H groups in total. The molecular weight excluding hydrogens is 358 g/mol. The van der Waals surface area contributed by atoms with Gasteiger partial charge in [0.2, 0.25) is 0 Å². The van der Waals surface area contributed by atoms with Crippen LogP contribution in [0.1, 0.15) is 24.2 Å². The van der Waals surface area contributed by atoms with Crippen molar-refractivity contribution in [1.82, 2.24) is 0 Å². The lowest BCUT2D eigenvalue weighted by Gasteiger charge is -2.12. The predicted molar refractivity (Wildman–Crippen MR) is 105 cm³/mol. The van der Waals surface area contributed by atoms with Crippen molar-refractivity contribution in [3.63, 3.8) is 0 Å². The Morgan fingerprint density at radius 2 is 1.79 bits per heavy atom. The number of Topliss-reactive ketones (excluding diaryl/α,β-unsaturated/α-hetero) is 1. The summed E-state index contributed by atoms with van der Waals surface area (Å²) in [4.78, 5) is 28.9. The zero-order chi connectivity index (χ0) is 20.1. The van der Waals surface area contributed by atoms with E-state index in [0.29, 0.717) is 30.2 Å². The van der Waals surface area contributed by atoms with Crippen LogP contribution in [0, 0.1) is 5.92 Å². The van der Waals surface area contributed by atoms with Crippen molar-refractivity contribution in [3.8, 4) is 11.5 Å². The summed E-state index contributed by atoms with van der Waals surface area (Å²) >= 11 is 0. The van der Waals surface area contributed by atoms with E-state index in [9.17, 15) is 9.59 Å². The molecule has 0 radical (unpaired) electrons. The van der Waals surface area contributed by atoms with Crippen LogP contribution in [0.15, 0.2) is 53.5 Å². The Bertz CT molecular complexity index is 891. The summed E-state index contributed by atoms with van der Waals surface area (Å²) in [5.41, 5.74) is 2.30. The third-order valence-corrected chi connectivity index (χ3v) is 4.69. The number of hydrogen-bond acceptors (Lipinski definition) is 6. The molecule has 28 heavy (non-hydrogen) atoms. The van der Waals surface area contributed by atoms with Gasteiger partial charge in [0, 0.05) is 6.54 Å². The number of ether oxygens (including phenoxy) is 3. The summed E-state index contributed by atoms with van der Waals surface area (Å²) in [6.45, 7) is 1.82. The summed E-state index contributed by atoms with van der Waals surface area (Å²) in [6.07, 6.45) is 0.0116. The molecule has 1 aliphatic heterocycles. The van der Waals surface area contributed by atoms with Crippen LogP contribution >= 0.6 is 0 Å². The molecule has 1 saturated heterocycles. The maximum atomic E-state index is 12.2. The van der Waals surface area contributed by atoms with Gasteiger partial charge in [-0.1, -0.05) is 36.4 Å². The molecule has 0 aromatic heterocycles. The highest BCUT2D eigenvalue weighted by atomic mass is 16.6. The second-order valence-electron chi connectivity index (χ2n) is 6.52. The first-order valence-electron chi connectivity index (χ1n) is 9.06. The van der Waals surface area contributed by atoms with E-state index in [1.54, 1.807) is 14.2 Å². The normalized spacial score (nSPS) is 20.1. The molecule has 0 saturated carbocycles. The molecule has 2 atom stereocenters. The van der Waals surface area contributed by atoms with Gasteiger partial charge in [0.05, 0.1) is 19.9 Å². The van der Waals surface area contributed by atoms with Crippen molar-refractivity contribution in [3.05, 3.63) is 59.7 Å². The number of esters is 1. The molecule has 146 valence electrons. The van der Waals surface area contributed by atoms with Crippen molar-refractivity contribution in [2.75, 3.05) is 20.8 Å². The van der Waals surface area contributed by atoms with Crippen LogP contribution in [0.25, 0.3) is 0 Å². The van der Waals surface area contributed by atoms with Crippen LogP contribution in [-0.4, -0.2) is 38.2 Å². The van der Waals surface area contributed by atoms with Crippen molar-refractivity contribution in [1.29, 1.82) is 0 Å². The van der Waals surface area contributed by atoms with Crippen molar-refractivity contribution >= 4 is 17.5 Å². The van der Waals surface area contributed by atoms with E-state index < -0.39 is 18.0 Å². The van der Waals surface area contributed by atoms with Crippen LogP contribution in [0.2, 0.25) is 0 Å². The smallest absolute Gasteiger partial charge is 0.323 e. The maximum Gasteiger partial charge on any atom is 0.323 e. The SMILES string of the molecule is COc1ccc(CCN=C2[C@H](C(C)=O)C(=O)O[C@@H]2c2ccccc2)cc1OC. The number of hydrogen-bond donors (Lipinski definition) is 0. The topological polar surface area (TPSA) is 74.2 Å². The van der Waals surface area contributed by atoms with Crippen LogP contribution in [0.4, 0.5) is 0 Å². The third kappa shape index (κ3) is 4.06. The minimum Gasteiger partial charge on any atom is -0.493 e. The van der Waals surface area contributed by atoms with Gasteiger partial charge in [-0.3, -0.25) is 14.6 Å². The first-order chi connectivity index (χ1) is 13.5. The van der Waals surface area contributed by atoms with Gasteiger partial charge in [0.1, 0.15) is 5.78 Å². The van der Waals surface area contributed by atoms with E-state index >= 15 is 0 Å². The van der Waals surface area contributed by atoms with Gasteiger partial charge in [0.15, 0.2) is 23.5 Å². The lowest BCUT2D eigenvalue weighted by Crippen LogP contribution is -2.24. The van der Waals surface area contributed by atoms with Gasteiger partial charge in [-0.2, -0.15) is 0 Å². The van der Waals surface area contributed by atoms with Crippen LogP contribution < -0.4 is 9.47 Å². The zero-order valence-corrected chi connectivity index (χ0v) is 16.2. The number of benzene rings is 2. The Morgan fingerprint density at radius 1 is 1.07 bits per heavy atom. The third-order valence-electron chi connectivity index (χ3n) is 4.69. The van der Waals surface area contributed by atoms with E-state index in [1.165, 1.54) is 6.92 Å². The largest absolute Gasteiger partial charge is 0.493 e. The van der Waals surface area contributed by atoms with Crippen molar-refractivity contribution < 1.29 is 23.8 Å². The minimum atomic E-state index is -0.935. The zero-order valence-electron chi connectivity index (χ0n) is 16.2. The molecule has 6 nitrogen and oxygen atoms in total. The summed E-state index contributed by atoms with van der Waals surface area (Å²) in [5.74, 6) is -0.418. The van der Waals surface area contributed by atoms with E-state index in [0.717, 1.165) is 11.1 Å². The second-order valence-corrected chi connectivity index (χ2v) is 6.52. The van der Waals surface area contributed by atoms with Gasteiger partial charge >= 0.3 is 5.97 Å². The van der Waals surface area contributed by atoms with E-state index in [4.69, 9.17) is 14.2 Å². The Kier molecular flexibility index (Phi) is 6.09. The summed E-state index contributed by atoms with van der Waals surface area (Å²) in [6, 6.07) is 15.0. The number of methoxy groups -OCH3 is 2. The highest BCUT2D eigenvalue weighted by molar-refractivity contribution is 6.23. The minimum absolute atomic E-state index is 0.256. The fraction of sp³-hybridized carbons (Fsp3) is 0.318. The lowest BCUT2D eigenvalue weighted by molar-refractivity contribution is -0.146. The Morgan fingerprint density at radius 3 is 2.43 bits per heavy atom. The number of ketones is 1. The summed E-state index contributed by atoms with van der Waals surface area (Å²) in [5, 5.41) is 0. The van der Waals surface area contributed by atoms with Gasteiger partial charge in [0.25, 0.3) is 0 Å². The monoisotopic (exact) mass is 381 g/mol. The number of rotatable bonds is 7. The summed E-state index contributed by atoms with van der Waals surface area (Å²) in [7, 11) is 3.18. The first kappa shape index (κ1) is 19.6. The number of aliphatic imine (C=N–C) groups is 1. The second kappa shape index (κ2) is 8.69. The molecule has 2 aromatic carbocycles. The van der Waals surface area contributed by atoms with E-state index in [-0.39, 0.29) is 5.78 Å². The molecule has 0 bridgehead atoms. The Labute approximate surface area is 164 Å². The van der Waals surface area contributed by atoms with Gasteiger partial charge in [-0.05, 0) is 36.6 Å². The molecule has 1 aliphatic rings. The molecule has 2 aromatic rings. The van der Waals surface area contributed by atoms with Crippen LogP contribution in [0.3, 0.4) is 0 Å². The predicted octanol–water partition coefficient (Wildman–Crippen LogP) is 3.19. The van der Waals surface area contributed by atoms with Crippen molar-refractivity contribution in [2.24, 2.45) is 10.9 Å². The first-order valence-corrected chi connectivity index (χ1v) is 9.06. The molecule has 6 heteroatoms. The number of nitrogens with zero attached hydrogens (tertiary/aromatic N) is 1. The molecule has 0 spiro atoms. The van der Waals surface area contributed by atoms with Crippen LogP contribution in [0.5, 0.6) is 11.5 Å². The number of cyclic esters (lactones) is 1. The van der Waals surface area contributed by atoms with Gasteiger partial charge < -0.3 is 14.2 Å². The molecule has 3 rings (SSSR count). The Hall–Kier alpha value is -3.15. The van der Waals surface area contributed by atoms with E-state index in [1.807, 2.05) is 48.5 Å². The average molecular weight is 381 g/mol. The average Bonchev–Trinajstić information content (AvgIpc) is 3.04. The van der Waals surface area contributed by atoms with E-state index in [2.05, 4.69) is 4.99 Å². The molecule has 0 unspecified atom stereocenters. The van der Waals surface area contributed by atoms with Gasteiger partial charge in [-0.25, -0.2) is 0 Å². The fourth-order valence-corrected chi connectivity index (χ4v) is 3.28. The van der Waals surface area contributed by atoms with Crippen LogP contribution in [-0.2, 0) is 20.7 Å². The number of carbonyl (C=O) groups is 2. The molecule has 0 amide bonds. The standard InChI is InChI=1S/C22H23NO5/c1-14(24)19-20(21(28-22(19)25)16-7-5-4-6-8-16)23-12-11-15-9-10-17(26-2)18(13-15)27-3/h4-10,13,19,21H,11-12H2,1-3H3/t19-,21+/m0/s1. The highest BCUT2D eigenvalue weighted by Crippen LogP contribution is 2.32. The highest BCUT2D eigenvalue weighted by Gasteiger charge is 2.44. The molecule has 1 heterocycles. The fourth-order valence-electron chi connectivity index (χ4n) is 3.28. The molecule has 1 fully saturated rings. The van der Waals surface area contributed by atoms with Gasteiger partial charge in [-0.15, -0.1) is 0 Å². The Balaban J connectivity index is 1.82. The lowest BCUT2D eigenvalue weighted by atomic mass is 9.94. The maximum absolute atomic E-state index is 12.2. The number of carbonyl (C=O) groups excluding carboxylic acids is 2. The summed E-state index contributed by atoms with van der Waals surface area (Å²) < 4.78 is 16.0. The molecule has 0 aliphatic carbocycles.